The number of carbonyl (C=O) groups excluding carboxylic acids is 1. The molecule has 23 heavy (non-hydrogen) atoms. The molecule has 1 saturated carbocycles. The van der Waals surface area contributed by atoms with Crippen LogP contribution in [-0.2, 0) is 0 Å². The number of hydrogen-bond donors (Lipinski definition) is 2. The molecule has 126 valence electrons. The summed E-state index contributed by atoms with van der Waals surface area (Å²) < 4.78 is 26.5. The Kier molecular flexibility index (Phi) is 4.85. The molecule has 1 heterocycles. The molecule has 0 radical (unpaired) electrons. The molecule has 1 amide bonds. The topological polar surface area (TPSA) is 52.6 Å². The zero-order valence-electron chi connectivity index (χ0n) is 12.6. The van der Waals surface area contributed by atoms with Crippen molar-refractivity contribution in [3.05, 3.63) is 34.4 Å². The Labute approximate surface area is 138 Å². The summed E-state index contributed by atoms with van der Waals surface area (Å²) in [6.45, 7) is 1.42. The van der Waals surface area contributed by atoms with E-state index in [-0.39, 0.29) is 28.8 Å². The van der Waals surface area contributed by atoms with E-state index in [4.69, 9.17) is 11.6 Å². The molecule has 1 saturated heterocycles. The van der Waals surface area contributed by atoms with Crippen LogP contribution in [-0.4, -0.2) is 47.2 Å². The maximum atomic E-state index is 13.3. The van der Waals surface area contributed by atoms with Crippen molar-refractivity contribution in [3.63, 3.8) is 0 Å². The molecule has 2 fully saturated rings. The van der Waals surface area contributed by atoms with E-state index in [0.29, 0.717) is 6.54 Å². The van der Waals surface area contributed by atoms with Crippen molar-refractivity contribution in [3.8, 4) is 0 Å². The quantitative estimate of drug-likeness (QED) is 0.828. The third kappa shape index (κ3) is 3.49. The van der Waals surface area contributed by atoms with Gasteiger partial charge in [-0.3, -0.25) is 9.69 Å². The molecule has 3 rings (SSSR count). The molecular weight excluding hydrogens is 326 g/mol. The van der Waals surface area contributed by atoms with Crippen LogP contribution >= 0.6 is 11.6 Å². The van der Waals surface area contributed by atoms with E-state index < -0.39 is 17.5 Å². The fourth-order valence-electron chi connectivity index (χ4n) is 3.56. The molecule has 3 atom stereocenters. The van der Waals surface area contributed by atoms with Crippen molar-refractivity contribution in [2.24, 2.45) is 0 Å². The first kappa shape index (κ1) is 16.6. The third-order valence-electron chi connectivity index (χ3n) is 4.71. The van der Waals surface area contributed by atoms with Gasteiger partial charge in [-0.05, 0) is 37.8 Å². The first-order valence-corrected chi connectivity index (χ1v) is 8.21. The summed E-state index contributed by atoms with van der Waals surface area (Å²) in [5, 5.41) is 12.5. The second kappa shape index (κ2) is 6.71. The zero-order chi connectivity index (χ0) is 16.6. The molecule has 4 nitrogen and oxygen atoms in total. The Hall–Kier alpha value is -1.24. The summed E-state index contributed by atoms with van der Waals surface area (Å²) in [6, 6.07) is 1.74. The van der Waals surface area contributed by atoms with Gasteiger partial charge in [-0.15, -0.1) is 0 Å². The van der Waals surface area contributed by atoms with Gasteiger partial charge in [-0.2, -0.15) is 0 Å². The molecule has 1 aromatic carbocycles. The van der Waals surface area contributed by atoms with Crippen LogP contribution in [0.15, 0.2) is 12.1 Å². The van der Waals surface area contributed by atoms with Crippen LogP contribution < -0.4 is 5.32 Å². The average molecular weight is 345 g/mol. The Bertz CT molecular complexity index is 614. The number of aliphatic hydroxyl groups is 1. The number of nitrogens with one attached hydrogen (secondary N) is 1. The van der Waals surface area contributed by atoms with Crippen LogP contribution in [0.5, 0.6) is 0 Å². The smallest absolute Gasteiger partial charge is 0.253 e. The molecule has 1 aromatic rings. The molecule has 2 aliphatic rings. The van der Waals surface area contributed by atoms with Crippen molar-refractivity contribution in [2.75, 3.05) is 13.1 Å². The largest absolute Gasteiger partial charge is 0.392 e. The van der Waals surface area contributed by atoms with Gasteiger partial charge >= 0.3 is 0 Å². The SMILES string of the molecule is O=C(N[C@@H]1CCC[C@@H]1N1CCC(O)C1)c1cc(F)c(F)cc1Cl. The highest BCUT2D eigenvalue weighted by atomic mass is 35.5. The number of likely N-dealkylation sites (tertiary alicyclic amines) is 1. The summed E-state index contributed by atoms with van der Waals surface area (Å²) >= 11 is 5.85. The van der Waals surface area contributed by atoms with E-state index in [1.165, 1.54) is 0 Å². The predicted molar refractivity (Wildman–Crippen MR) is 82.5 cm³/mol. The molecule has 0 aromatic heterocycles. The highest BCUT2D eigenvalue weighted by Crippen LogP contribution is 2.28. The second-order valence-corrected chi connectivity index (χ2v) is 6.67. The van der Waals surface area contributed by atoms with Gasteiger partial charge in [0.2, 0.25) is 0 Å². The minimum atomic E-state index is -1.09. The van der Waals surface area contributed by atoms with Crippen molar-refractivity contribution in [2.45, 2.75) is 43.9 Å². The molecule has 0 spiro atoms. The van der Waals surface area contributed by atoms with Crippen molar-refractivity contribution < 1.29 is 18.7 Å². The van der Waals surface area contributed by atoms with Crippen LogP contribution in [0.4, 0.5) is 8.78 Å². The molecule has 0 bridgehead atoms. The number of hydrogen-bond acceptors (Lipinski definition) is 3. The Morgan fingerprint density at radius 2 is 2.00 bits per heavy atom. The summed E-state index contributed by atoms with van der Waals surface area (Å²) in [5.41, 5.74) is -0.0577. The van der Waals surface area contributed by atoms with Crippen molar-refractivity contribution in [1.82, 2.24) is 10.2 Å². The monoisotopic (exact) mass is 344 g/mol. The Morgan fingerprint density at radius 1 is 1.26 bits per heavy atom. The number of aliphatic hydroxyl groups excluding tert-OH is 1. The van der Waals surface area contributed by atoms with Gasteiger partial charge in [0, 0.05) is 25.2 Å². The van der Waals surface area contributed by atoms with Crippen molar-refractivity contribution in [1.29, 1.82) is 0 Å². The first-order chi connectivity index (χ1) is 11.0. The number of halogens is 3. The highest BCUT2D eigenvalue weighted by Gasteiger charge is 2.36. The van der Waals surface area contributed by atoms with Gasteiger partial charge in [-0.1, -0.05) is 11.6 Å². The minimum absolute atomic E-state index is 0.0577. The fourth-order valence-corrected chi connectivity index (χ4v) is 3.79. The molecule has 7 heteroatoms. The second-order valence-electron chi connectivity index (χ2n) is 6.26. The number of benzene rings is 1. The normalized spacial score (nSPS) is 28.3. The lowest BCUT2D eigenvalue weighted by molar-refractivity contribution is 0.0905. The number of carbonyl (C=O) groups is 1. The lowest BCUT2D eigenvalue weighted by Gasteiger charge is -2.29. The maximum absolute atomic E-state index is 13.3. The summed E-state index contributed by atoms with van der Waals surface area (Å²) in [6.07, 6.45) is 3.18. The maximum Gasteiger partial charge on any atom is 0.253 e. The molecule has 1 unspecified atom stereocenters. The predicted octanol–water partition coefficient (Wildman–Crippen LogP) is 2.34. The lowest BCUT2D eigenvalue weighted by atomic mass is 10.1. The van der Waals surface area contributed by atoms with Gasteiger partial charge in [0.05, 0.1) is 16.7 Å². The number of nitrogens with zero attached hydrogens (tertiary/aromatic N) is 1. The van der Waals surface area contributed by atoms with Crippen molar-refractivity contribution >= 4 is 17.5 Å². The van der Waals surface area contributed by atoms with Crippen LogP contribution in [0.3, 0.4) is 0 Å². The van der Waals surface area contributed by atoms with E-state index in [2.05, 4.69) is 10.2 Å². The van der Waals surface area contributed by atoms with E-state index in [9.17, 15) is 18.7 Å². The lowest BCUT2D eigenvalue weighted by Crippen LogP contribution is -2.48. The third-order valence-corrected chi connectivity index (χ3v) is 5.03. The summed E-state index contributed by atoms with van der Waals surface area (Å²) in [4.78, 5) is 14.5. The minimum Gasteiger partial charge on any atom is -0.392 e. The summed E-state index contributed by atoms with van der Waals surface area (Å²) in [7, 11) is 0. The van der Waals surface area contributed by atoms with Crippen LogP contribution in [0.1, 0.15) is 36.0 Å². The van der Waals surface area contributed by atoms with Gasteiger partial charge in [-0.25, -0.2) is 8.78 Å². The zero-order valence-corrected chi connectivity index (χ0v) is 13.3. The van der Waals surface area contributed by atoms with E-state index in [0.717, 1.165) is 44.4 Å². The van der Waals surface area contributed by atoms with Crippen LogP contribution in [0.2, 0.25) is 5.02 Å². The van der Waals surface area contributed by atoms with E-state index in [1.54, 1.807) is 0 Å². The van der Waals surface area contributed by atoms with Crippen LogP contribution in [0.25, 0.3) is 0 Å². The molecule has 2 N–H and O–H groups in total. The van der Waals surface area contributed by atoms with Gasteiger partial charge in [0.15, 0.2) is 11.6 Å². The number of amides is 1. The average Bonchev–Trinajstić information content (AvgIpc) is 3.11. The standard InChI is InChI=1S/C16H19ClF2N2O2/c17-11-7-13(19)12(18)6-10(11)16(23)20-14-2-1-3-15(14)21-5-4-9(22)8-21/h6-7,9,14-15,22H,1-5,8H2,(H,20,23)/t9?,14-,15+/m1/s1. The van der Waals surface area contributed by atoms with Gasteiger partial charge in [0.1, 0.15) is 0 Å². The number of β-amino-alcohol motifs (C(OH)–C–C–N with tert-alkyl or cyclic N) is 1. The highest BCUT2D eigenvalue weighted by molar-refractivity contribution is 6.33. The molecular formula is C16H19ClF2N2O2. The van der Waals surface area contributed by atoms with Crippen LogP contribution in [0, 0.1) is 11.6 Å². The molecule has 1 aliphatic carbocycles. The molecule has 1 aliphatic heterocycles. The van der Waals surface area contributed by atoms with E-state index >= 15 is 0 Å². The first-order valence-electron chi connectivity index (χ1n) is 7.83. The summed E-state index contributed by atoms with van der Waals surface area (Å²) in [5.74, 6) is -2.66. The Balaban J connectivity index is 1.71. The number of rotatable bonds is 3. The van der Waals surface area contributed by atoms with Gasteiger partial charge in [0.25, 0.3) is 5.91 Å². The fraction of sp³-hybridized carbons (Fsp3) is 0.562. The Morgan fingerprint density at radius 3 is 2.70 bits per heavy atom. The van der Waals surface area contributed by atoms with Gasteiger partial charge < -0.3 is 10.4 Å². The van der Waals surface area contributed by atoms with E-state index in [1.807, 2.05) is 0 Å².